The number of carbonyl (C=O) groups excluding carboxylic acids is 2. The number of amides is 2. The fourth-order valence-corrected chi connectivity index (χ4v) is 5.69. The van der Waals surface area contributed by atoms with Crippen molar-refractivity contribution >= 4 is 27.5 Å². The highest BCUT2D eigenvalue weighted by Crippen LogP contribution is 2.28. The first kappa shape index (κ1) is 27.9. The second-order valence-electron chi connectivity index (χ2n) is 9.23. The summed E-state index contributed by atoms with van der Waals surface area (Å²) in [5, 5.41) is 2.60. The first-order chi connectivity index (χ1) is 17.5. The normalized spacial score (nSPS) is 12.0. The molecule has 0 fully saturated rings. The van der Waals surface area contributed by atoms with E-state index in [2.05, 4.69) is 5.32 Å². The van der Waals surface area contributed by atoms with E-state index in [1.165, 1.54) is 11.9 Å². The van der Waals surface area contributed by atoms with Crippen molar-refractivity contribution in [3.8, 4) is 0 Å². The van der Waals surface area contributed by atoms with Gasteiger partial charge in [-0.15, -0.1) is 0 Å². The predicted molar refractivity (Wildman–Crippen MR) is 147 cm³/mol. The quantitative estimate of drug-likeness (QED) is 0.437. The van der Waals surface area contributed by atoms with Crippen LogP contribution in [0.4, 0.5) is 5.69 Å². The Morgan fingerprint density at radius 1 is 0.892 bits per heavy atom. The van der Waals surface area contributed by atoms with Gasteiger partial charge in [-0.3, -0.25) is 13.9 Å². The lowest BCUT2D eigenvalue weighted by molar-refractivity contribution is -0.138. The molecule has 196 valence electrons. The van der Waals surface area contributed by atoms with E-state index in [1.54, 1.807) is 37.3 Å². The predicted octanol–water partition coefficient (Wildman–Crippen LogP) is 4.01. The highest BCUT2D eigenvalue weighted by atomic mass is 32.2. The molecule has 0 aromatic heterocycles. The van der Waals surface area contributed by atoms with Crippen LogP contribution in [0, 0.1) is 20.8 Å². The Labute approximate surface area is 220 Å². The molecule has 2 amide bonds. The standard InChI is InChI=1S/C29H35N3O4S/c1-21-11-14-26(15-12-21)37(35,36)32(27-16-13-22(2)19-23(27)3)20-28(33)31(24(4)29(34)30-5)18-17-25-9-7-6-8-10-25/h6-16,19,24H,17-18,20H2,1-5H3,(H,30,34)/t24-/m0/s1. The molecule has 3 aromatic rings. The molecule has 0 saturated heterocycles. The Balaban J connectivity index is 2.01. The highest BCUT2D eigenvalue weighted by molar-refractivity contribution is 7.92. The van der Waals surface area contributed by atoms with E-state index in [0.29, 0.717) is 12.1 Å². The van der Waals surface area contributed by atoms with Gasteiger partial charge in [0.15, 0.2) is 0 Å². The molecule has 1 atom stereocenters. The molecular formula is C29H35N3O4S. The van der Waals surface area contributed by atoms with Crippen LogP contribution < -0.4 is 9.62 Å². The van der Waals surface area contributed by atoms with E-state index >= 15 is 0 Å². The largest absolute Gasteiger partial charge is 0.357 e. The lowest BCUT2D eigenvalue weighted by Gasteiger charge is -2.32. The van der Waals surface area contributed by atoms with Gasteiger partial charge in [0.1, 0.15) is 12.6 Å². The fraction of sp³-hybridized carbons (Fsp3) is 0.310. The van der Waals surface area contributed by atoms with Crippen LogP contribution in [0.15, 0.2) is 77.7 Å². The second kappa shape index (κ2) is 12.1. The van der Waals surface area contributed by atoms with Crippen molar-refractivity contribution in [1.82, 2.24) is 10.2 Å². The van der Waals surface area contributed by atoms with Crippen molar-refractivity contribution < 1.29 is 18.0 Å². The molecule has 3 rings (SSSR count). The van der Waals surface area contributed by atoms with E-state index in [0.717, 1.165) is 26.6 Å². The SMILES string of the molecule is CNC(=O)[C@H](C)N(CCc1ccccc1)C(=O)CN(c1ccc(C)cc1C)S(=O)(=O)c1ccc(C)cc1. The molecule has 0 saturated carbocycles. The maximum absolute atomic E-state index is 13.9. The number of sulfonamides is 1. The zero-order chi connectivity index (χ0) is 27.2. The molecule has 3 aromatic carbocycles. The van der Waals surface area contributed by atoms with Crippen LogP contribution in [0.25, 0.3) is 0 Å². The van der Waals surface area contributed by atoms with Gasteiger partial charge in [0, 0.05) is 13.6 Å². The summed E-state index contributed by atoms with van der Waals surface area (Å²) in [6.07, 6.45) is 0.530. The molecule has 7 nitrogen and oxygen atoms in total. The first-order valence-corrected chi connectivity index (χ1v) is 13.7. The summed E-state index contributed by atoms with van der Waals surface area (Å²) in [5.41, 5.74) is 4.09. The van der Waals surface area contributed by atoms with Crippen molar-refractivity contribution in [2.45, 2.75) is 45.1 Å². The van der Waals surface area contributed by atoms with Gasteiger partial charge >= 0.3 is 0 Å². The number of rotatable bonds is 10. The molecular weight excluding hydrogens is 486 g/mol. The molecule has 0 aliphatic heterocycles. The number of hydrogen-bond acceptors (Lipinski definition) is 4. The Morgan fingerprint density at radius 2 is 1.51 bits per heavy atom. The summed E-state index contributed by atoms with van der Waals surface area (Å²) in [5.74, 6) is -0.774. The zero-order valence-electron chi connectivity index (χ0n) is 22.1. The lowest BCUT2D eigenvalue weighted by Crippen LogP contribution is -2.51. The fourth-order valence-electron chi connectivity index (χ4n) is 4.21. The van der Waals surface area contributed by atoms with E-state index in [9.17, 15) is 18.0 Å². The maximum atomic E-state index is 13.9. The van der Waals surface area contributed by atoms with E-state index in [1.807, 2.05) is 63.2 Å². The second-order valence-corrected chi connectivity index (χ2v) is 11.1. The summed E-state index contributed by atoms with van der Waals surface area (Å²) in [7, 11) is -2.55. The van der Waals surface area contributed by atoms with Crippen molar-refractivity contribution in [2.24, 2.45) is 0 Å². The maximum Gasteiger partial charge on any atom is 0.264 e. The summed E-state index contributed by atoms with van der Waals surface area (Å²) in [6, 6.07) is 20.9. The van der Waals surface area contributed by atoms with Crippen LogP contribution in [0.1, 0.15) is 29.2 Å². The molecule has 1 N–H and O–H groups in total. The van der Waals surface area contributed by atoms with E-state index in [4.69, 9.17) is 0 Å². The van der Waals surface area contributed by atoms with Gasteiger partial charge in [0.2, 0.25) is 11.8 Å². The van der Waals surface area contributed by atoms with Gasteiger partial charge in [-0.2, -0.15) is 0 Å². The minimum Gasteiger partial charge on any atom is -0.357 e. The topological polar surface area (TPSA) is 86.8 Å². The number of likely N-dealkylation sites (N-methyl/N-ethyl adjacent to an activating group) is 1. The van der Waals surface area contributed by atoms with E-state index < -0.39 is 28.5 Å². The van der Waals surface area contributed by atoms with Crippen molar-refractivity contribution in [1.29, 1.82) is 0 Å². The molecule has 37 heavy (non-hydrogen) atoms. The monoisotopic (exact) mass is 521 g/mol. The van der Waals surface area contributed by atoms with Crippen LogP contribution >= 0.6 is 0 Å². The number of aryl methyl sites for hydroxylation is 3. The Bertz CT molecular complexity index is 1340. The van der Waals surface area contributed by atoms with E-state index in [-0.39, 0.29) is 17.3 Å². The molecule has 0 heterocycles. The van der Waals surface area contributed by atoms with Crippen LogP contribution in [0.3, 0.4) is 0 Å². The number of anilines is 1. The third-order valence-corrected chi connectivity index (χ3v) is 8.18. The number of carbonyl (C=O) groups is 2. The van der Waals surface area contributed by atoms with Crippen molar-refractivity contribution in [3.05, 3.63) is 95.1 Å². The Morgan fingerprint density at radius 3 is 2.11 bits per heavy atom. The third-order valence-electron chi connectivity index (χ3n) is 6.41. The first-order valence-electron chi connectivity index (χ1n) is 12.3. The summed E-state index contributed by atoms with van der Waals surface area (Å²) in [6.45, 7) is 7.12. The smallest absolute Gasteiger partial charge is 0.264 e. The minimum absolute atomic E-state index is 0.0982. The average molecular weight is 522 g/mol. The number of benzene rings is 3. The van der Waals surface area contributed by atoms with Crippen LogP contribution in [-0.2, 0) is 26.0 Å². The third kappa shape index (κ3) is 6.77. The molecule has 0 aliphatic carbocycles. The molecule has 0 spiro atoms. The average Bonchev–Trinajstić information content (AvgIpc) is 2.88. The molecule has 8 heteroatoms. The number of nitrogens with one attached hydrogen (secondary N) is 1. The number of nitrogens with zero attached hydrogens (tertiary/aromatic N) is 2. The molecule has 0 radical (unpaired) electrons. The van der Waals surface area contributed by atoms with Crippen LogP contribution in [-0.4, -0.2) is 51.3 Å². The van der Waals surface area contributed by atoms with Gasteiger partial charge in [-0.1, -0.05) is 65.7 Å². The van der Waals surface area contributed by atoms with Gasteiger partial charge in [0.05, 0.1) is 10.6 Å². The van der Waals surface area contributed by atoms with Gasteiger partial charge in [0.25, 0.3) is 10.0 Å². The molecule has 0 bridgehead atoms. The molecule has 0 unspecified atom stereocenters. The van der Waals surface area contributed by atoms with Crippen LogP contribution in [0.2, 0.25) is 0 Å². The zero-order valence-corrected chi connectivity index (χ0v) is 22.9. The summed E-state index contributed by atoms with van der Waals surface area (Å²) < 4.78 is 28.9. The van der Waals surface area contributed by atoms with Gasteiger partial charge in [-0.25, -0.2) is 8.42 Å². The Kier molecular flexibility index (Phi) is 9.10. The van der Waals surface area contributed by atoms with Gasteiger partial charge < -0.3 is 10.2 Å². The van der Waals surface area contributed by atoms with Crippen molar-refractivity contribution in [2.75, 3.05) is 24.4 Å². The number of hydrogen-bond donors (Lipinski definition) is 1. The Hall–Kier alpha value is -3.65. The highest BCUT2D eigenvalue weighted by Gasteiger charge is 2.32. The van der Waals surface area contributed by atoms with Crippen molar-refractivity contribution in [3.63, 3.8) is 0 Å². The molecule has 0 aliphatic rings. The van der Waals surface area contributed by atoms with Crippen LogP contribution in [0.5, 0.6) is 0 Å². The summed E-state index contributed by atoms with van der Waals surface area (Å²) in [4.78, 5) is 27.8. The summed E-state index contributed by atoms with van der Waals surface area (Å²) >= 11 is 0. The lowest BCUT2D eigenvalue weighted by atomic mass is 10.1. The van der Waals surface area contributed by atoms with Gasteiger partial charge in [-0.05, 0) is 63.4 Å². The minimum atomic E-state index is -4.07.